The highest BCUT2D eigenvalue weighted by Crippen LogP contribution is 2.27. The number of halogens is 1. The maximum Gasteiger partial charge on any atom is 0.283 e. The first-order chi connectivity index (χ1) is 8.56. The zero-order chi connectivity index (χ0) is 13.5. The highest BCUT2D eigenvalue weighted by Gasteiger charge is 2.14. The number of benzene rings is 1. The lowest BCUT2D eigenvalue weighted by atomic mass is 10.2. The topological polar surface area (TPSA) is 58.4 Å². The fraction of sp³-hybridized carbons (Fsp3) is 0.500. The van der Waals surface area contributed by atoms with Crippen LogP contribution >= 0.6 is 15.9 Å². The van der Waals surface area contributed by atoms with Crippen LogP contribution in [0.15, 0.2) is 22.7 Å². The predicted octanol–water partition coefficient (Wildman–Crippen LogP) is 2.40. The fourth-order valence-electron chi connectivity index (χ4n) is 1.49. The van der Waals surface area contributed by atoms with Gasteiger partial charge in [0, 0.05) is 25.7 Å². The molecule has 0 fully saturated rings. The molecular weight excluding hydrogens is 298 g/mol. The number of hydrogen-bond donors (Lipinski definition) is 1. The minimum atomic E-state index is -0.377. The van der Waals surface area contributed by atoms with E-state index >= 15 is 0 Å². The average molecular weight is 316 g/mol. The summed E-state index contributed by atoms with van der Waals surface area (Å²) in [7, 11) is 2.06. The monoisotopic (exact) mass is 315 g/mol. The van der Waals surface area contributed by atoms with Crippen molar-refractivity contribution in [2.24, 2.45) is 0 Å². The van der Waals surface area contributed by atoms with E-state index in [2.05, 4.69) is 40.1 Å². The van der Waals surface area contributed by atoms with E-state index in [4.69, 9.17) is 0 Å². The van der Waals surface area contributed by atoms with Crippen LogP contribution in [0.4, 0.5) is 5.69 Å². The summed E-state index contributed by atoms with van der Waals surface area (Å²) in [6, 6.07) is 5.09. The highest BCUT2D eigenvalue weighted by atomic mass is 79.9. The molecule has 0 amide bonds. The van der Waals surface area contributed by atoms with Crippen LogP contribution in [0.25, 0.3) is 0 Å². The average Bonchev–Trinajstić information content (AvgIpc) is 2.35. The van der Waals surface area contributed by atoms with Crippen LogP contribution in [-0.4, -0.2) is 36.5 Å². The molecule has 0 saturated heterocycles. The number of nitro groups is 1. The lowest BCUT2D eigenvalue weighted by molar-refractivity contribution is -0.385. The Labute approximate surface area is 115 Å². The summed E-state index contributed by atoms with van der Waals surface area (Å²) in [6.07, 6.45) is 0. The van der Waals surface area contributed by atoms with E-state index in [0.717, 1.165) is 25.2 Å². The van der Waals surface area contributed by atoms with E-state index in [0.29, 0.717) is 11.0 Å². The smallest absolute Gasteiger partial charge is 0.283 e. The van der Waals surface area contributed by atoms with Crippen molar-refractivity contribution in [1.29, 1.82) is 0 Å². The number of nitro benzene ring substituents is 1. The summed E-state index contributed by atoms with van der Waals surface area (Å²) in [4.78, 5) is 12.6. The van der Waals surface area contributed by atoms with Crippen molar-refractivity contribution in [3.63, 3.8) is 0 Å². The van der Waals surface area contributed by atoms with E-state index in [1.807, 2.05) is 6.07 Å². The number of nitrogens with one attached hydrogen (secondary N) is 1. The molecule has 0 saturated carbocycles. The van der Waals surface area contributed by atoms with Gasteiger partial charge in [-0.3, -0.25) is 10.1 Å². The molecule has 1 aromatic carbocycles. The zero-order valence-corrected chi connectivity index (χ0v) is 12.2. The van der Waals surface area contributed by atoms with Crippen molar-refractivity contribution in [2.45, 2.75) is 13.5 Å². The Hall–Kier alpha value is -0.980. The number of nitrogens with zero attached hydrogens (tertiary/aromatic N) is 2. The molecule has 0 spiro atoms. The molecule has 0 radical (unpaired) electrons. The molecule has 1 rings (SSSR count). The van der Waals surface area contributed by atoms with Crippen molar-refractivity contribution in [1.82, 2.24) is 10.2 Å². The summed E-state index contributed by atoms with van der Waals surface area (Å²) < 4.78 is 0.561. The Morgan fingerprint density at radius 3 is 2.83 bits per heavy atom. The fourth-order valence-corrected chi connectivity index (χ4v) is 2.04. The van der Waals surface area contributed by atoms with E-state index < -0.39 is 0 Å². The zero-order valence-electron chi connectivity index (χ0n) is 10.6. The molecule has 1 aromatic rings. The van der Waals surface area contributed by atoms with Gasteiger partial charge < -0.3 is 10.2 Å². The summed E-state index contributed by atoms with van der Waals surface area (Å²) in [6.45, 7) is 5.57. The maximum absolute atomic E-state index is 10.8. The third-order valence-electron chi connectivity index (χ3n) is 2.78. The molecule has 0 aliphatic rings. The standard InChI is InChI=1S/C12H18BrN3O2/c1-3-15(2)8-7-14-9-10-5-4-6-11(12(10)13)16(17)18/h4-6,14H,3,7-9H2,1-2H3. The normalized spacial score (nSPS) is 10.9. The van der Waals surface area contributed by atoms with Crippen LogP contribution in [0.5, 0.6) is 0 Å². The second kappa shape index (κ2) is 7.45. The van der Waals surface area contributed by atoms with Crippen molar-refractivity contribution < 1.29 is 4.92 Å². The summed E-state index contributed by atoms with van der Waals surface area (Å²) in [5.74, 6) is 0. The van der Waals surface area contributed by atoms with Crippen LogP contribution in [0, 0.1) is 10.1 Å². The first-order valence-corrected chi connectivity index (χ1v) is 6.66. The van der Waals surface area contributed by atoms with Crippen molar-refractivity contribution in [3.8, 4) is 0 Å². The lowest BCUT2D eigenvalue weighted by Crippen LogP contribution is -2.28. The second-order valence-corrected chi connectivity index (χ2v) is 4.87. The molecule has 6 heteroatoms. The van der Waals surface area contributed by atoms with E-state index in [1.54, 1.807) is 6.07 Å². The van der Waals surface area contributed by atoms with Gasteiger partial charge in [0.25, 0.3) is 5.69 Å². The summed E-state index contributed by atoms with van der Waals surface area (Å²) >= 11 is 3.28. The largest absolute Gasteiger partial charge is 0.311 e. The number of rotatable bonds is 7. The minimum absolute atomic E-state index is 0.111. The Bertz CT molecular complexity index is 412. The van der Waals surface area contributed by atoms with Crippen LogP contribution in [0.2, 0.25) is 0 Å². The Morgan fingerprint density at radius 1 is 1.50 bits per heavy atom. The van der Waals surface area contributed by atoms with Gasteiger partial charge in [0.15, 0.2) is 0 Å². The third kappa shape index (κ3) is 4.36. The minimum Gasteiger partial charge on any atom is -0.311 e. The Balaban J connectivity index is 2.53. The first-order valence-electron chi connectivity index (χ1n) is 5.87. The molecule has 1 N–H and O–H groups in total. The lowest BCUT2D eigenvalue weighted by Gasteiger charge is -2.14. The van der Waals surface area contributed by atoms with Gasteiger partial charge in [0.2, 0.25) is 0 Å². The van der Waals surface area contributed by atoms with Gasteiger partial charge >= 0.3 is 0 Å². The SMILES string of the molecule is CCN(C)CCNCc1cccc([N+](=O)[O-])c1Br. The maximum atomic E-state index is 10.8. The van der Waals surface area contributed by atoms with Gasteiger partial charge in [-0.25, -0.2) is 0 Å². The Morgan fingerprint density at radius 2 is 2.22 bits per heavy atom. The molecule has 0 aromatic heterocycles. The molecule has 0 unspecified atom stereocenters. The molecule has 0 bridgehead atoms. The molecule has 0 aliphatic heterocycles. The second-order valence-electron chi connectivity index (χ2n) is 4.08. The van der Waals surface area contributed by atoms with Gasteiger partial charge in [-0.1, -0.05) is 19.1 Å². The molecule has 0 aliphatic carbocycles. The number of hydrogen-bond acceptors (Lipinski definition) is 4. The van der Waals surface area contributed by atoms with Gasteiger partial charge in [0.05, 0.1) is 9.40 Å². The van der Waals surface area contributed by atoms with Crippen molar-refractivity contribution >= 4 is 21.6 Å². The summed E-state index contributed by atoms with van der Waals surface area (Å²) in [5.41, 5.74) is 1.02. The third-order valence-corrected chi connectivity index (χ3v) is 3.70. The van der Waals surface area contributed by atoms with E-state index in [-0.39, 0.29) is 10.6 Å². The quantitative estimate of drug-likeness (QED) is 0.477. The van der Waals surface area contributed by atoms with Gasteiger partial charge in [0.1, 0.15) is 0 Å². The van der Waals surface area contributed by atoms with Crippen LogP contribution in [0.1, 0.15) is 12.5 Å². The van der Waals surface area contributed by atoms with Gasteiger partial charge in [-0.2, -0.15) is 0 Å². The van der Waals surface area contributed by atoms with E-state index in [1.165, 1.54) is 6.07 Å². The van der Waals surface area contributed by atoms with Gasteiger partial charge in [-0.05, 0) is 35.1 Å². The van der Waals surface area contributed by atoms with Crippen LogP contribution in [0.3, 0.4) is 0 Å². The molecule has 100 valence electrons. The first kappa shape index (κ1) is 15.1. The predicted molar refractivity (Wildman–Crippen MR) is 75.7 cm³/mol. The van der Waals surface area contributed by atoms with Crippen LogP contribution in [-0.2, 0) is 6.54 Å². The van der Waals surface area contributed by atoms with Crippen molar-refractivity contribution in [3.05, 3.63) is 38.3 Å². The summed E-state index contributed by atoms with van der Waals surface area (Å²) in [5, 5.41) is 14.1. The molecular formula is C12H18BrN3O2. The molecule has 5 nitrogen and oxygen atoms in total. The molecule has 0 atom stereocenters. The number of likely N-dealkylation sites (N-methyl/N-ethyl adjacent to an activating group) is 1. The Kier molecular flexibility index (Phi) is 6.24. The van der Waals surface area contributed by atoms with Crippen molar-refractivity contribution in [2.75, 3.05) is 26.7 Å². The molecule has 0 heterocycles. The highest BCUT2D eigenvalue weighted by molar-refractivity contribution is 9.10. The van der Waals surface area contributed by atoms with Gasteiger partial charge in [-0.15, -0.1) is 0 Å². The van der Waals surface area contributed by atoms with E-state index in [9.17, 15) is 10.1 Å². The molecule has 18 heavy (non-hydrogen) atoms. The van der Waals surface area contributed by atoms with Crippen LogP contribution < -0.4 is 5.32 Å².